The van der Waals surface area contributed by atoms with Crippen LogP contribution in [0, 0.1) is 16.7 Å². The van der Waals surface area contributed by atoms with Crippen molar-refractivity contribution in [1.82, 2.24) is 4.72 Å². The molecule has 6 nitrogen and oxygen atoms in total. The number of carbonyl (C=O) groups excluding carboxylic acids is 1. The van der Waals surface area contributed by atoms with Crippen molar-refractivity contribution in [1.29, 1.82) is 0 Å². The summed E-state index contributed by atoms with van der Waals surface area (Å²) in [4.78, 5) is 12.8. The third kappa shape index (κ3) is 3.49. The number of ether oxygens (including phenoxy) is 2. The lowest BCUT2D eigenvalue weighted by atomic mass is 9.70. The van der Waals surface area contributed by atoms with E-state index in [9.17, 15) is 13.2 Å². The SMILES string of the molecule is COc1ccc(C2(CNS(=O)(=O)C[C@@]34CC[C@H](CC3=O)C4(C)C)CCOCC2)cc1. The molecule has 4 rings (SSSR count). The molecule has 0 aromatic heterocycles. The fourth-order valence-electron chi connectivity index (χ4n) is 6.01. The minimum Gasteiger partial charge on any atom is -0.497 e. The van der Waals surface area contributed by atoms with Crippen LogP contribution in [0.1, 0.15) is 51.5 Å². The summed E-state index contributed by atoms with van der Waals surface area (Å²) in [6.45, 7) is 5.67. The molecule has 1 saturated heterocycles. The molecule has 7 heteroatoms. The van der Waals surface area contributed by atoms with E-state index in [1.165, 1.54) is 0 Å². The number of nitrogens with one attached hydrogen (secondary N) is 1. The van der Waals surface area contributed by atoms with Crippen LogP contribution in [0.2, 0.25) is 0 Å². The fourth-order valence-corrected chi connectivity index (χ4v) is 7.93. The number of sulfonamides is 1. The molecule has 3 fully saturated rings. The molecule has 1 N–H and O–H groups in total. The van der Waals surface area contributed by atoms with Gasteiger partial charge in [0.25, 0.3) is 0 Å². The molecule has 0 radical (unpaired) electrons. The average molecular weight is 436 g/mol. The Hall–Kier alpha value is -1.44. The van der Waals surface area contributed by atoms with Gasteiger partial charge >= 0.3 is 0 Å². The van der Waals surface area contributed by atoms with Crippen LogP contribution in [0.15, 0.2) is 24.3 Å². The fraction of sp³-hybridized carbons (Fsp3) is 0.696. The number of Topliss-reactive ketones (excluding diaryl/α,β-unsaturated/α-hetero) is 1. The second kappa shape index (κ2) is 7.61. The van der Waals surface area contributed by atoms with Gasteiger partial charge in [-0.3, -0.25) is 4.79 Å². The maximum Gasteiger partial charge on any atom is 0.212 e. The molecule has 1 aromatic rings. The lowest BCUT2D eigenvalue weighted by Gasteiger charge is -2.39. The Morgan fingerprint density at radius 3 is 2.33 bits per heavy atom. The molecule has 1 aliphatic heterocycles. The molecule has 0 spiro atoms. The van der Waals surface area contributed by atoms with E-state index < -0.39 is 15.4 Å². The summed E-state index contributed by atoms with van der Waals surface area (Å²) in [5, 5.41) is 0. The third-order valence-electron chi connectivity index (χ3n) is 8.36. The summed E-state index contributed by atoms with van der Waals surface area (Å²) in [5.74, 6) is 1.11. The summed E-state index contributed by atoms with van der Waals surface area (Å²) in [6, 6.07) is 7.86. The Balaban J connectivity index is 1.54. The number of carbonyl (C=O) groups is 1. The highest BCUT2D eigenvalue weighted by molar-refractivity contribution is 7.89. The first kappa shape index (κ1) is 21.8. The molecule has 0 amide bonds. The first-order valence-corrected chi connectivity index (χ1v) is 12.5. The van der Waals surface area contributed by atoms with Crippen LogP contribution >= 0.6 is 0 Å². The van der Waals surface area contributed by atoms with Gasteiger partial charge in [0.15, 0.2) is 0 Å². The highest BCUT2D eigenvalue weighted by Crippen LogP contribution is 2.64. The molecule has 1 heterocycles. The molecule has 2 bridgehead atoms. The zero-order valence-corrected chi connectivity index (χ0v) is 19.0. The van der Waals surface area contributed by atoms with Gasteiger partial charge in [0, 0.05) is 37.0 Å². The number of hydrogen-bond donors (Lipinski definition) is 1. The summed E-state index contributed by atoms with van der Waals surface area (Å²) in [7, 11) is -1.98. The van der Waals surface area contributed by atoms with Crippen molar-refractivity contribution in [3.63, 3.8) is 0 Å². The van der Waals surface area contributed by atoms with Crippen LogP contribution in [-0.4, -0.2) is 46.8 Å². The Morgan fingerprint density at radius 2 is 1.80 bits per heavy atom. The van der Waals surface area contributed by atoms with Crippen molar-refractivity contribution in [3.05, 3.63) is 29.8 Å². The second-order valence-corrected chi connectivity index (χ2v) is 11.7. The van der Waals surface area contributed by atoms with E-state index in [0.717, 1.165) is 30.6 Å². The number of ketones is 1. The largest absolute Gasteiger partial charge is 0.497 e. The smallest absolute Gasteiger partial charge is 0.212 e. The summed E-state index contributed by atoms with van der Waals surface area (Å²) in [5.41, 5.74) is -0.231. The van der Waals surface area contributed by atoms with Crippen molar-refractivity contribution in [2.75, 3.05) is 32.6 Å². The molecule has 1 aromatic carbocycles. The summed E-state index contributed by atoms with van der Waals surface area (Å²) in [6.07, 6.45) is 3.65. The Kier molecular flexibility index (Phi) is 5.52. The van der Waals surface area contributed by atoms with Gasteiger partial charge in [0.05, 0.1) is 12.9 Å². The summed E-state index contributed by atoms with van der Waals surface area (Å²) < 4.78 is 40.1. The Morgan fingerprint density at radius 1 is 1.13 bits per heavy atom. The Bertz CT molecular complexity index is 902. The summed E-state index contributed by atoms with van der Waals surface area (Å²) >= 11 is 0. The van der Waals surface area contributed by atoms with E-state index >= 15 is 0 Å². The highest BCUT2D eigenvalue weighted by atomic mass is 32.2. The molecular formula is C23H33NO5S. The van der Waals surface area contributed by atoms with Crippen molar-refractivity contribution in [2.45, 2.75) is 51.4 Å². The normalized spacial score (nSPS) is 29.8. The van der Waals surface area contributed by atoms with E-state index in [4.69, 9.17) is 9.47 Å². The quantitative estimate of drug-likeness (QED) is 0.712. The number of benzene rings is 1. The predicted octanol–water partition coefficient (Wildman–Crippen LogP) is 3.06. The van der Waals surface area contributed by atoms with Gasteiger partial charge in [0.1, 0.15) is 11.5 Å². The number of fused-ring (bicyclic) bond motifs is 2. The van der Waals surface area contributed by atoms with Crippen LogP contribution in [0.3, 0.4) is 0 Å². The minimum atomic E-state index is -3.61. The molecular weight excluding hydrogens is 402 g/mol. The Labute approximate surface area is 179 Å². The molecule has 0 unspecified atom stereocenters. The lowest BCUT2D eigenvalue weighted by Crippen LogP contribution is -2.49. The van der Waals surface area contributed by atoms with Gasteiger partial charge in [-0.05, 0) is 54.7 Å². The number of rotatable bonds is 7. The molecule has 166 valence electrons. The minimum absolute atomic E-state index is 0.0997. The van der Waals surface area contributed by atoms with Gasteiger partial charge in [0.2, 0.25) is 10.0 Å². The monoisotopic (exact) mass is 435 g/mol. The maximum absolute atomic E-state index is 13.2. The maximum atomic E-state index is 13.2. The average Bonchev–Trinajstić information content (AvgIpc) is 3.07. The van der Waals surface area contributed by atoms with Gasteiger partial charge in [-0.1, -0.05) is 26.0 Å². The van der Waals surface area contributed by atoms with Gasteiger partial charge in [-0.2, -0.15) is 0 Å². The van der Waals surface area contributed by atoms with Crippen LogP contribution < -0.4 is 9.46 Å². The zero-order valence-electron chi connectivity index (χ0n) is 18.2. The third-order valence-corrected chi connectivity index (χ3v) is 9.82. The topological polar surface area (TPSA) is 81.7 Å². The number of hydrogen-bond acceptors (Lipinski definition) is 5. The first-order chi connectivity index (χ1) is 14.1. The van der Waals surface area contributed by atoms with E-state index in [-0.39, 0.29) is 22.4 Å². The molecule has 3 aliphatic rings. The lowest BCUT2D eigenvalue weighted by molar-refractivity contribution is -0.128. The van der Waals surface area contributed by atoms with Crippen molar-refractivity contribution < 1.29 is 22.7 Å². The molecule has 2 aliphatic carbocycles. The van der Waals surface area contributed by atoms with E-state index in [1.807, 2.05) is 24.3 Å². The van der Waals surface area contributed by atoms with Crippen molar-refractivity contribution in [2.24, 2.45) is 16.7 Å². The van der Waals surface area contributed by atoms with E-state index in [1.54, 1.807) is 7.11 Å². The van der Waals surface area contributed by atoms with Crippen molar-refractivity contribution in [3.8, 4) is 5.75 Å². The van der Waals surface area contributed by atoms with Crippen LogP contribution in [-0.2, 0) is 25.0 Å². The van der Waals surface area contributed by atoms with E-state index in [0.29, 0.717) is 38.5 Å². The molecule has 30 heavy (non-hydrogen) atoms. The van der Waals surface area contributed by atoms with Crippen LogP contribution in [0.5, 0.6) is 5.75 Å². The van der Waals surface area contributed by atoms with Gasteiger partial charge < -0.3 is 9.47 Å². The predicted molar refractivity (Wildman–Crippen MR) is 115 cm³/mol. The van der Waals surface area contributed by atoms with Gasteiger partial charge in [-0.25, -0.2) is 13.1 Å². The molecule has 2 saturated carbocycles. The van der Waals surface area contributed by atoms with Crippen LogP contribution in [0.25, 0.3) is 0 Å². The second-order valence-electron chi connectivity index (χ2n) is 9.87. The first-order valence-electron chi connectivity index (χ1n) is 10.9. The van der Waals surface area contributed by atoms with Gasteiger partial charge in [-0.15, -0.1) is 0 Å². The van der Waals surface area contributed by atoms with Crippen molar-refractivity contribution >= 4 is 15.8 Å². The molecule has 2 atom stereocenters. The zero-order chi connectivity index (χ0) is 21.6. The van der Waals surface area contributed by atoms with Crippen LogP contribution in [0.4, 0.5) is 0 Å². The van der Waals surface area contributed by atoms with E-state index in [2.05, 4.69) is 18.6 Å². The standard InChI is InChI=1S/C23H33NO5S/c1-21(2)18-8-9-23(21,20(25)14-18)16-30(26,27)24-15-22(10-12-29-13-11-22)17-4-6-19(28-3)7-5-17/h4-7,18,24H,8-16H2,1-3H3/t18-,23+/m1/s1. The number of methoxy groups -OCH3 is 1. The highest BCUT2D eigenvalue weighted by Gasteiger charge is 2.65.